The number of rotatable bonds is 11. The molecule has 1 atom stereocenters. The van der Waals surface area contributed by atoms with E-state index in [2.05, 4.69) is 14.7 Å². The maximum absolute atomic E-state index is 11.3. The second-order valence-electron chi connectivity index (χ2n) is 5.89. The molecule has 0 aromatic carbocycles. The van der Waals surface area contributed by atoms with Crippen LogP contribution in [0.5, 0.6) is 0 Å². The Morgan fingerprint density at radius 1 is 0.818 bits per heavy atom. The maximum atomic E-state index is 11.3. The third kappa shape index (κ3) is 9.07. The van der Waals surface area contributed by atoms with Crippen LogP contribution in [0.15, 0.2) is 0 Å². The van der Waals surface area contributed by atoms with E-state index in [1.54, 1.807) is 0 Å². The van der Waals surface area contributed by atoms with Gasteiger partial charge in [-0.1, -0.05) is 71.1 Å². The van der Waals surface area contributed by atoms with Crippen LogP contribution >= 0.6 is 0 Å². The van der Waals surface area contributed by atoms with Crippen LogP contribution in [0.2, 0.25) is 0 Å². The first-order valence-corrected chi connectivity index (χ1v) is 11.1. The first-order chi connectivity index (χ1) is 10.3. The van der Waals surface area contributed by atoms with Crippen molar-refractivity contribution in [2.75, 3.05) is 5.75 Å². The van der Waals surface area contributed by atoms with Gasteiger partial charge in [-0.05, 0) is 6.42 Å². The molecule has 0 N–H and O–H groups in total. The van der Waals surface area contributed by atoms with E-state index >= 15 is 0 Å². The predicted molar refractivity (Wildman–Crippen MR) is 85.1 cm³/mol. The molecule has 0 bridgehead atoms. The molecule has 0 aromatic rings. The topological polar surface area (TPSA) is 86.7 Å². The molecule has 6 nitrogen and oxygen atoms in total. The highest BCUT2D eigenvalue weighted by Gasteiger charge is 2.36. The van der Waals surface area contributed by atoms with E-state index in [0.717, 1.165) is 19.3 Å². The van der Waals surface area contributed by atoms with Crippen molar-refractivity contribution in [3.63, 3.8) is 0 Å². The first kappa shape index (κ1) is 19.9. The highest BCUT2D eigenvalue weighted by atomic mass is 32.3. The van der Waals surface area contributed by atoms with Gasteiger partial charge in [-0.25, -0.2) is 4.18 Å². The Hall–Kier alpha value is -0.180. The molecule has 1 fully saturated rings. The van der Waals surface area contributed by atoms with Gasteiger partial charge in [0.05, 0.1) is 6.10 Å². The minimum Gasteiger partial charge on any atom is -0.243 e. The average molecular weight is 357 g/mol. The van der Waals surface area contributed by atoms with E-state index in [4.69, 9.17) is 0 Å². The zero-order chi connectivity index (χ0) is 16.5. The summed E-state index contributed by atoms with van der Waals surface area (Å²) in [5, 5.41) is 0. The molecule has 1 aliphatic rings. The molecule has 0 aliphatic carbocycles. The van der Waals surface area contributed by atoms with Crippen LogP contribution in [0, 0.1) is 0 Å². The molecular weight excluding hydrogens is 328 g/mol. The fourth-order valence-corrected chi connectivity index (χ4v) is 5.22. The summed E-state index contributed by atoms with van der Waals surface area (Å²) in [5.41, 5.74) is 0. The largest absolute Gasteiger partial charge is 0.414 e. The van der Waals surface area contributed by atoms with Gasteiger partial charge < -0.3 is 0 Å². The van der Waals surface area contributed by atoms with E-state index in [1.165, 1.54) is 44.9 Å². The second kappa shape index (κ2) is 9.85. The Kier molecular flexibility index (Phi) is 8.89. The van der Waals surface area contributed by atoms with Gasteiger partial charge in [0.25, 0.3) is 10.1 Å². The fourth-order valence-electron chi connectivity index (χ4n) is 2.58. The summed E-state index contributed by atoms with van der Waals surface area (Å²) in [7, 11) is -8.41. The van der Waals surface area contributed by atoms with Crippen LogP contribution in [0.1, 0.15) is 77.6 Å². The van der Waals surface area contributed by atoms with Crippen molar-refractivity contribution in [1.82, 2.24) is 0 Å². The first-order valence-electron chi connectivity index (χ1n) is 8.21. The fraction of sp³-hybridized carbons (Fsp3) is 1.00. The van der Waals surface area contributed by atoms with E-state index < -0.39 is 26.6 Å². The Morgan fingerprint density at radius 3 is 1.82 bits per heavy atom. The number of unbranched alkanes of at least 4 members (excludes halogenated alkanes) is 9. The lowest BCUT2D eigenvalue weighted by Gasteiger charge is -2.21. The highest BCUT2D eigenvalue weighted by molar-refractivity contribution is 7.98. The minimum atomic E-state index is -4.39. The molecule has 1 heterocycles. The monoisotopic (exact) mass is 356 g/mol. The molecule has 22 heavy (non-hydrogen) atoms. The maximum Gasteiger partial charge on any atom is 0.414 e. The summed E-state index contributed by atoms with van der Waals surface area (Å²) in [5.74, 6) is -0.385. The smallest absolute Gasteiger partial charge is 0.243 e. The molecule has 1 aliphatic heterocycles. The van der Waals surface area contributed by atoms with Crippen molar-refractivity contribution in [3.8, 4) is 0 Å². The molecule has 0 saturated carbocycles. The van der Waals surface area contributed by atoms with Gasteiger partial charge in [-0.3, -0.25) is 0 Å². The molecule has 8 heteroatoms. The molecule has 0 amide bonds. The molecule has 0 aromatic heterocycles. The summed E-state index contributed by atoms with van der Waals surface area (Å²) in [6.45, 7) is 2.21. The van der Waals surface area contributed by atoms with E-state index in [0.29, 0.717) is 6.42 Å². The standard InChI is InChI=1S/C14H28O6S2/c1-2-3-4-5-6-7-8-9-10-11-12-14-13-21(15,16)20-22(17,18)19-14/h14H,2-13H2,1H3. The summed E-state index contributed by atoms with van der Waals surface area (Å²) >= 11 is 0. The predicted octanol–water partition coefficient (Wildman–Crippen LogP) is 3.29. The molecular formula is C14H28O6S2. The summed E-state index contributed by atoms with van der Waals surface area (Å²) < 4.78 is 53.4. The molecule has 1 unspecified atom stereocenters. The van der Waals surface area contributed by atoms with Gasteiger partial charge in [0.15, 0.2) is 0 Å². The second-order valence-corrected chi connectivity index (χ2v) is 8.89. The lowest BCUT2D eigenvalue weighted by molar-refractivity contribution is 0.174. The van der Waals surface area contributed by atoms with Crippen LogP contribution in [-0.2, 0) is 28.3 Å². The molecule has 1 rings (SSSR count). The van der Waals surface area contributed by atoms with Crippen molar-refractivity contribution in [2.24, 2.45) is 0 Å². The van der Waals surface area contributed by atoms with Crippen LogP contribution < -0.4 is 0 Å². The van der Waals surface area contributed by atoms with Crippen molar-refractivity contribution in [3.05, 3.63) is 0 Å². The van der Waals surface area contributed by atoms with Gasteiger partial charge in [-0.2, -0.15) is 16.8 Å². The average Bonchev–Trinajstić information content (AvgIpc) is 2.37. The van der Waals surface area contributed by atoms with Gasteiger partial charge in [0.1, 0.15) is 5.75 Å². The Labute approximate surface area is 135 Å². The number of hydrogen-bond donors (Lipinski definition) is 0. The van der Waals surface area contributed by atoms with Crippen molar-refractivity contribution in [1.29, 1.82) is 0 Å². The van der Waals surface area contributed by atoms with E-state index in [1.807, 2.05) is 0 Å². The molecule has 132 valence electrons. The van der Waals surface area contributed by atoms with Gasteiger partial charge in [-0.15, -0.1) is 3.63 Å². The van der Waals surface area contributed by atoms with Crippen molar-refractivity contribution in [2.45, 2.75) is 83.7 Å². The van der Waals surface area contributed by atoms with Crippen molar-refractivity contribution >= 4 is 20.5 Å². The normalized spacial score (nSPS) is 23.4. The zero-order valence-corrected chi connectivity index (χ0v) is 15.0. The third-order valence-corrected chi connectivity index (χ3v) is 6.49. The summed E-state index contributed by atoms with van der Waals surface area (Å²) in [4.78, 5) is 0. The Morgan fingerprint density at radius 2 is 1.32 bits per heavy atom. The quantitative estimate of drug-likeness (QED) is 0.528. The van der Waals surface area contributed by atoms with E-state index in [9.17, 15) is 16.8 Å². The third-order valence-electron chi connectivity index (χ3n) is 3.71. The summed E-state index contributed by atoms with van der Waals surface area (Å²) in [6, 6.07) is 0. The van der Waals surface area contributed by atoms with Gasteiger partial charge >= 0.3 is 10.4 Å². The highest BCUT2D eigenvalue weighted by Crippen LogP contribution is 2.21. The van der Waals surface area contributed by atoms with E-state index in [-0.39, 0.29) is 5.75 Å². The Balaban J connectivity index is 2.05. The van der Waals surface area contributed by atoms with Crippen LogP contribution in [-0.4, -0.2) is 28.7 Å². The summed E-state index contributed by atoms with van der Waals surface area (Å²) in [6.07, 6.45) is 11.3. The minimum absolute atomic E-state index is 0.385. The van der Waals surface area contributed by atoms with Gasteiger partial charge in [0.2, 0.25) is 0 Å². The lowest BCUT2D eigenvalue weighted by atomic mass is 10.1. The zero-order valence-electron chi connectivity index (χ0n) is 13.3. The number of hydrogen-bond acceptors (Lipinski definition) is 6. The van der Waals surface area contributed by atoms with Crippen LogP contribution in [0.3, 0.4) is 0 Å². The Bertz CT molecular complexity index is 463. The molecule has 1 saturated heterocycles. The lowest BCUT2D eigenvalue weighted by Crippen LogP contribution is -2.36. The molecule has 0 radical (unpaired) electrons. The van der Waals surface area contributed by atoms with Gasteiger partial charge in [0, 0.05) is 0 Å². The molecule has 0 spiro atoms. The van der Waals surface area contributed by atoms with Crippen molar-refractivity contribution < 1.29 is 24.6 Å². The SMILES string of the molecule is CCCCCCCCCCCCC1CS(=O)(=O)OS(=O)(=O)O1. The van der Waals surface area contributed by atoms with Crippen LogP contribution in [0.4, 0.5) is 0 Å². The van der Waals surface area contributed by atoms with Crippen LogP contribution in [0.25, 0.3) is 0 Å².